The summed E-state index contributed by atoms with van der Waals surface area (Å²) in [6.07, 6.45) is 1.42. The summed E-state index contributed by atoms with van der Waals surface area (Å²) >= 11 is 0. The second-order valence-corrected chi connectivity index (χ2v) is 5.79. The van der Waals surface area contributed by atoms with Crippen LogP contribution in [-0.2, 0) is 19.1 Å². The van der Waals surface area contributed by atoms with Crippen LogP contribution in [0.25, 0.3) is 28.6 Å². The molecule has 0 amide bonds. The molecule has 0 aliphatic heterocycles. The Kier molecular flexibility index (Phi) is 5.74. The summed E-state index contributed by atoms with van der Waals surface area (Å²) in [6.45, 7) is 3.63. The second-order valence-electron chi connectivity index (χ2n) is 5.79. The third kappa shape index (κ3) is 4.20. The van der Waals surface area contributed by atoms with Gasteiger partial charge in [-0.2, -0.15) is 0 Å². The fraction of sp³-hybridized carbons (Fsp3) is 0.190. The SMILES string of the molecule is CCOC(=O)C(=Cc1ccc(-c2nc3ccc(O)cc3o2)cc1)C(=O)OCC. The normalized spacial score (nSPS) is 10.5. The maximum atomic E-state index is 12.0. The number of rotatable bonds is 6. The number of ether oxygens (including phenoxy) is 2. The summed E-state index contributed by atoms with van der Waals surface area (Å²) < 4.78 is 15.5. The van der Waals surface area contributed by atoms with Gasteiger partial charge in [0.05, 0.1) is 13.2 Å². The van der Waals surface area contributed by atoms with Gasteiger partial charge in [-0.05, 0) is 49.8 Å². The first-order valence-electron chi connectivity index (χ1n) is 8.77. The molecule has 0 spiro atoms. The first-order chi connectivity index (χ1) is 13.5. The highest BCUT2D eigenvalue weighted by Crippen LogP contribution is 2.27. The Balaban J connectivity index is 1.89. The third-order valence-corrected chi connectivity index (χ3v) is 3.83. The first-order valence-corrected chi connectivity index (χ1v) is 8.77. The van der Waals surface area contributed by atoms with E-state index in [1.165, 1.54) is 18.2 Å². The minimum atomic E-state index is -0.733. The number of oxazole rings is 1. The zero-order chi connectivity index (χ0) is 20.1. The lowest BCUT2D eigenvalue weighted by Gasteiger charge is -2.06. The van der Waals surface area contributed by atoms with E-state index in [9.17, 15) is 14.7 Å². The summed E-state index contributed by atoms with van der Waals surface area (Å²) in [7, 11) is 0. The van der Waals surface area contributed by atoms with E-state index in [4.69, 9.17) is 13.9 Å². The Morgan fingerprint density at radius 1 is 1.04 bits per heavy atom. The van der Waals surface area contributed by atoms with Crippen molar-refractivity contribution in [3.63, 3.8) is 0 Å². The number of phenolic OH excluding ortho intramolecular Hbond substituents is 1. The molecule has 0 unspecified atom stereocenters. The van der Waals surface area contributed by atoms with Gasteiger partial charge in [0.15, 0.2) is 5.58 Å². The Bertz CT molecular complexity index is 1010. The van der Waals surface area contributed by atoms with E-state index in [-0.39, 0.29) is 24.5 Å². The molecule has 0 aliphatic rings. The van der Waals surface area contributed by atoms with E-state index in [0.29, 0.717) is 28.1 Å². The standard InChI is InChI=1S/C21H19NO6/c1-3-26-20(24)16(21(25)27-4-2)11-13-5-7-14(8-6-13)19-22-17-10-9-15(23)12-18(17)28-19/h5-12,23H,3-4H2,1-2H3. The highest BCUT2D eigenvalue weighted by atomic mass is 16.6. The van der Waals surface area contributed by atoms with Crippen LogP contribution >= 0.6 is 0 Å². The molecule has 0 saturated carbocycles. The number of carbonyl (C=O) groups is 2. The summed E-state index contributed by atoms with van der Waals surface area (Å²) in [4.78, 5) is 28.5. The molecule has 2 aromatic carbocycles. The molecule has 3 aromatic rings. The van der Waals surface area contributed by atoms with Gasteiger partial charge in [0.2, 0.25) is 5.89 Å². The van der Waals surface area contributed by atoms with Crippen molar-refractivity contribution in [1.29, 1.82) is 0 Å². The Labute approximate surface area is 161 Å². The highest BCUT2D eigenvalue weighted by molar-refractivity contribution is 6.17. The number of benzene rings is 2. The molecule has 1 N–H and O–H groups in total. The minimum Gasteiger partial charge on any atom is -0.508 e. The van der Waals surface area contributed by atoms with Crippen LogP contribution in [0.4, 0.5) is 0 Å². The average molecular weight is 381 g/mol. The van der Waals surface area contributed by atoms with Crippen LogP contribution in [0.2, 0.25) is 0 Å². The van der Waals surface area contributed by atoms with Crippen LogP contribution in [0.1, 0.15) is 19.4 Å². The number of aromatic hydroxyl groups is 1. The summed E-state index contributed by atoms with van der Waals surface area (Å²) in [6, 6.07) is 11.7. The molecule has 1 aromatic heterocycles. The fourth-order valence-corrected chi connectivity index (χ4v) is 2.54. The van der Waals surface area contributed by atoms with E-state index in [1.54, 1.807) is 44.2 Å². The second kappa shape index (κ2) is 8.39. The molecular weight excluding hydrogens is 362 g/mol. The predicted molar refractivity (Wildman–Crippen MR) is 102 cm³/mol. The van der Waals surface area contributed by atoms with Gasteiger partial charge in [-0.3, -0.25) is 0 Å². The van der Waals surface area contributed by atoms with E-state index >= 15 is 0 Å². The number of carbonyl (C=O) groups excluding carboxylic acids is 2. The summed E-state index contributed by atoms with van der Waals surface area (Å²) in [5.74, 6) is -0.971. The molecule has 7 heteroatoms. The van der Waals surface area contributed by atoms with Crippen LogP contribution < -0.4 is 0 Å². The van der Waals surface area contributed by atoms with Crippen molar-refractivity contribution in [2.24, 2.45) is 0 Å². The van der Waals surface area contributed by atoms with Crippen molar-refractivity contribution in [3.8, 4) is 17.2 Å². The van der Waals surface area contributed by atoms with E-state index in [0.717, 1.165) is 0 Å². The molecule has 0 bridgehead atoms. The van der Waals surface area contributed by atoms with Crippen LogP contribution in [0.3, 0.4) is 0 Å². The van der Waals surface area contributed by atoms with E-state index in [1.807, 2.05) is 0 Å². The highest BCUT2D eigenvalue weighted by Gasteiger charge is 2.21. The van der Waals surface area contributed by atoms with Crippen molar-refractivity contribution in [2.45, 2.75) is 13.8 Å². The largest absolute Gasteiger partial charge is 0.508 e. The summed E-state index contributed by atoms with van der Waals surface area (Å²) in [5.41, 5.74) is 2.26. The minimum absolute atomic E-state index is 0.0983. The third-order valence-electron chi connectivity index (χ3n) is 3.83. The van der Waals surface area contributed by atoms with Crippen LogP contribution in [-0.4, -0.2) is 35.2 Å². The van der Waals surface area contributed by atoms with E-state index in [2.05, 4.69) is 4.98 Å². The lowest BCUT2D eigenvalue weighted by Crippen LogP contribution is -2.18. The number of nitrogens with zero attached hydrogens (tertiary/aromatic N) is 1. The van der Waals surface area contributed by atoms with Gasteiger partial charge in [0, 0.05) is 11.6 Å². The lowest BCUT2D eigenvalue weighted by molar-refractivity contribution is -0.146. The molecule has 7 nitrogen and oxygen atoms in total. The topological polar surface area (TPSA) is 98.9 Å². The molecular formula is C21H19NO6. The number of hydrogen-bond donors (Lipinski definition) is 1. The van der Waals surface area contributed by atoms with E-state index < -0.39 is 11.9 Å². The van der Waals surface area contributed by atoms with Crippen LogP contribution in [0, 0.1) is 0 Å². The smallest absolute Gasteiger partial charge is 0.345 e. The average Bonchev–Trinajstić information content (AvgIpc) is 3.10. The van der Waals surface area contributed by atoms with Crippen LogP contribution in [0.5, 0.6) is 5.75 Å². The molecule has 0 atom stereocenters. The first kappa shape index (κ1) is 19.2. The zero-order valence-electron chi connectivity index (χ0n) is 15.5. The number of esters is 2. The zero-order valence-corrected chi connectivity index (χ0v) is 15.5. The Morgan fingerprint density at radius 2 is 1.68 bits per heavy atom. The van der Waals surface area contributed by atoms with Crippen molar-refractivity contribution in [1.82, 2.24) is 4.98 Å². The van der Waals surface area contributed by atoms with Gasteiger partial charge >= 0.3 is 11.9 Å². The Hall–Kier alpha value is -3.61. The van der Waals surface area contributed by atoms with Gasteiger partial charge in [-0.1, -0.05) is 12.1 Å². The fourth-order valence-electron chi connectivity index (χ4n) is 2.54. The maximum absolute atomic E-state index is 12.0. The van der Waals surface area contributed by atoms with Gasteiger partial charge in [-0.25, -0.2) is 14.6 Å². The van der Waals surface area contributed by atoms with Crippen molar-refractivity contribution < 1.29 is 28.6 Å². The van der Waals surface area contributed by atoms with Crippen LogP contribution in [0.15, 0.2) is 52.5 Å². The Morgan fingerprint density at radius 3 is 2.29 bits per heavy atom. The number of aromatic nitrogens is 1. The molecule has 0 fully saturated rings. The number of hydrogen-bond acceptors (Lipinski definition) is 7. The molecule has 28 heavy (non-hydrogen) atoms. The molecule has 144 valence electrons. The number of phenols is 1. The lowest BCUT2D eigenvalue weighted by atomic mass is 10.1. The van der Waals surface area contributed by atoms with Gasteiger partial charge in [0.1, 0.15) is 16.8 Å². The maximum Gasteiger partial charge on any atom is 0.345 e. The van der Waals surface area contributed by atoms with Gasteiger partial charge < -0.3 is 19.0 Å². The quantitative estimate of drug-likeness (QED) is 0.301. The predicted octanol–water partition coefficient (Wildman–Crippen LogP) is 3.71. The molecule has 1 heterocycles. The van der Waals surface area contributed by atoms with Crippen molar-refractivity contribution in [2.75, 3.05) is 13.2 Å². The molecule has 3 rings (SSSR count). The molecule has 0 radical (unpaired) electrons. The summed E-state index contributed by atoms with van der Waals surface area (Å²) in [5, 5.41) is 9.53. The van der Waals surface area contributed by atoms with Gasteiger partial charge in [0.25, 0.3) is 0 Å². The molecule has 0 aliphatic carbocycles. The number of fused-ring (bicyclic) bond motifs is 1. The monoisotopic (exact) mass is 381 g/mol. The van der Waals surface area contributed by atoms with Gasteiger partial charge in [-0.15, -0.1) is 0 Å². The van der Waals surface area contributed by atoms with Crippen molar-refractivity contribution in [3.05, 3.63) is 53.6 Å². The molecule has 0 saturated heterocycles. The van der Waals surface area contributed by atoms with Crippen molar-refractivity contribution >= 4 is 29.1 Å².